The van der Waals surface area contributed by atoms with Gasteiger partial charge in [-0.3, -0.25) is 4.79 Å². The van der Waals surface area contributed by atoms with Crippen LogP contribution in [0.5, 0.6) is 0 Å². The average molecular weight is 260 g/mol. The highest BCUT2D eigenvalue weighted by Gasteiger charge is 2.20. The Morgan fingerprint density at radius 3 is 2.32 bits per heavy atom. The normalized spacial score (nSPS) is 18.6. The van der Waals surface area contributed by atoms with Crippen LogP contribution >= 0.6 is 0 Å². The van der Waals surface area contributed by atoms with Crippen LogP contribution in [0.25, 0.3) is 0 Å². The van der Waals surface area contributed by atoms with Crippen molar-refractivity contribution in [1.29, 1.82) is 0 Å². The minimum Gasteiger partial charge on any atom is -0.352 e. The first kappa shape index (κ1) is 14.1. The van der Waals surface area contributed by atoms with Crippen molar-refractivity contribution in [3.8, 4) is 0 Å². The number of hydrogen-bond acceptors (Lipinski definition) is 2. The topological polar surface area (TPSA) is 55.1 Å². The molecule has 1 atom stereocenters. The van der Waals surface area contributed by atoms with Gasteiger partial charge in [0.1, 0.15) is 6.04 Å². The lowest BCUT2D eigenvalue weighted by Gasteiger charge is -2.19. The van der Waals surface area contributed by atoms with Gasteiger partial charge in [-0.15, -0.1) is 0 Å². The van der Waals surface area contributed by atoms with Crippen LogP contribution in [0.15, 0.2) is 24.3 Å². The second kappa shape index (κ2) is 6.71. The predicted molar refractivity (Wildman–Crippen MR) is 77.7 cm³/mol. The molecule has 0 spiro atoms. The third kappa shape index (κ3) is 4.06. The molecule has 0 heterocycles. The fraction of sp³-hybridized carbons (Fsp3) is 0.562. The van der Waals surface area contributed by atoms with Gasteiger partial charge in [-0.1, -0.05) is 55.5 Å². The second-order valence-corrected chi connectivity index (χ2v) is 5.59. The number of rotatable bonds is 3. The molecule has 1 amide bonds. The SMILES string of the molecule is Cc1ccc(C(N)C(=O)NC2CCCCCC2)cc1. The molecule has 0 aliphatic heterocycles. The van der Waals surface area contributed by atoms with Crippen LogP contribution in [-0.2, 0) is 4.79 Å². The predicted octanol–water partition coefficient (Wildman–Crippen LogP) is 2.83. The van der Waals surface area contributed by atoms with E-state index in [1.807, 2.05) is 31.2 Å². The molecule has 1 aromatic rings. The van der Waals surface area contributed by atoms with Gasteiger partial charge in [-0.25, -0.2) is 0 Å². The van der Waals surface area contributed by atoms with Crippen molar-refractivity contribution in [2.75, 3.05) is 0 Å². The molecule has 0 aromatic heterocycles. The van der Waals surface area contributed by atoms with Crippen LogP contribution < -0.4 is 11.1 Å². The van der Waals surface area contributed by atoms with Gasteiger partial charge in [0.05, 0.1) is 0 Å². The second-order valence-electron chi connectivity index (χ2n) is 5.59. The lowest BCUT2D eigenvalue weighted by atomic mass is 10.0. The molecule has 19 heavy (non-hydrogen) atoms. The Labute approximate surface area is 115 Å². The van der Waals surface area contributed by atoms with E-state index >= 15 is 0 Å². The number of nitrogens with one attached hydrogen (secondary N) is 1. The Kier molecular flexibility index (Phi) is 4.97. The van der Waals surface area contributed by atoms with Crippen LogP contribution in [0, 0.1) is 6.92 Å². The Morgan fingerprint density at radius 1 is 1.16 bits per heavy atom. The fourth-order valence-corrected chi connectivity index (χ4v) is 2.64. The summed E-state index contributed by atoms with van der Waals surface area (Å²) in [4.78, 5) is 12.2. The quantitative estimate of drug-likeness (QED) is 0.821. The lowest BCUT2D eigenvalue weighted by Crippen LogP contribution is -2.40. The van der Waals surface area contributed by atoms with Crippen molar-refractivity contribution in [3.05, 3.63) is 35.4 Å². The largest absolute Gasteiger partial charge is 0.352 e. The number of carbonyl (C=O) groups is 1. The number of carbonyl (C=O) groups excluding carboxylic acids is 1. The highest BCUT2D eigenvalue weighted by atomic mass is 16.2. The molecular formula is C16H24N2O. The monoisotopic (exact) mass is 260 g/mol. The van der Waals surface area contributed by atoms with Crippen molar-refractivity contribution in [2.45, 2.75) is 57.5 Å². The first-order chi connectivity index (χ1) is 9.16. The third-order valence-corrected chi connectivity index (χ3v) is 3.92. The zero-order chi connectivity index (χ0) is 13.7. The molecule has 3 N–H and O–H groups in total. The minimum absolute atomic E-state index is 0.0456. The van der Waals surface area contributed by atoms with Gasteiger partial charge < -0.3 is 11.1 Å². The standard InChI is InChI=1S/C16H24N2O/c1-12-8-10-13(11-9-12)15(17)16(19)18-14-6-4-2-3-5-7-14/h8-11,14-15H,2-7,17H2,1H3,(H,18,19). The molecule has 0 bridgehead atoms. The number of benzene rings is 1. The van der Waals surface area contributed by atoms with Gasteiger partial charge in [0, 0.05) is 6.04 Å². The van der Waals surface area contributed by atoms with Crippen molar-refractivity contribution in [2.24, 2.45) is 5.73 Å². The molecule has 0 radical (unpaired) electrons. The molecule has 1 aliphatic carbocycles. The summed E-state index contributed by atoms with van der Waals surface area (Å²) in [7, 11) is 0. The molecule has 1 saturated carbocycles. The van der Waals surface area contributed by atoms with E-state index in [9.17, 15) is 4.79 Å². The van der Waals surface area contributed by atoms with Crippen molar-refractivity contribution in [3.63, 3.8) is 0 Å². The maximum atomic E-state index is 12.2. The summed E-state index contributed by atoms with van der Waals surface area (Å²) in [5, 5.41) is 3.11. The van der Waals surface area contributed by atoms with E-state index in [1.54, 1.807) is 0 Å². The van der Waals surface area contributed by atoms with E-state index in [0.29, 0.717) is 6.04 Å². The van der Waals surface area contributed by atoms with Crippen molar-refractivity contribution in [1.82, 2.24) is 5.32 Å². The van der Waals surface area contributed by atoms with Crippen LogP contribution in [-0.4, -0.2) is 11.9 Å². The molecule has 104 valence electrons. The van der Waals surface area contributed by atoms with Gasteiger partial charge >= 0.3 is 0 Å². The van der Waals surface area contributed by atoms with Crippen LogP contribution in [0.2, 0.25) is 0 Å². The summed E-state index contributed by atoms with van der Waals surface area (Å²) in [5.41, 5.74) is 8.10. The van der Waals surface area contributed by atoms with E-state index in [1.165, 1.54) is 31.2 Å². The van der Waals surface area contributed by atoms with E-state index in [-0.39, 0.29) is 5.91 Å². The molecule has 1 aromatic carbocycles. The first-order valence-electron chi connectivity index (χ1n) is 7.29. The van der Waals surface area contributed by atoms with Crippen molar-refractivity contribution >= 4 is 5.91 Å². The summed E-state index contributed by atoms with van der Waals surface area (Å²) in [5.74, 6) is -0.0456. The Morgan fingerprint density at radius 2 is 1.74 bits per heavy atom. The summed E-state index contributed by atoms with van der Waals surface area (Å²) in [6, 6.07) is 7.62. The van der Waals surface area contributed by atoms with Gasteiger partial charge in [-0.05, 0) is 25.3 Å². The van der Waals surface area contributed by atoms with Gasteiger partial charge in [-0.2, -0.15) is 0 Å². The fourth-order valence-electron chi connectivity index (χ4n) is 2.64. The number of hydrogen-bond donors (Lipinski definition) is 2. The maximum absolute atomic E-state index is 12.2. The molecule has 0 saturated heterocycles. The van der Waals surface area contributed by atoms with E-state index in [4.69, 9.17) is 5.73 Å². The molecule has 2 rings (SSSR count). The minimum atomic E-state index is -0.552. The van der Waals surface area contributed by atoms with Gasteiger partial charge in [0.25, 0.3) is 0 Å². The van der Waals surface area contributed by atoms with E-state index < -0.39 is 6.04 Å². The van der Waals surface area contributed by atoms with Gasteiger partial charge in [0.15, 0.2) is 0 Å². The Hall–Kier alpha value is -1.35. The average Bonchev–Trinajstić information content (AvgIpc) is 2.67. The van der Waals surface area contributed by atoms with Crippen LogP contribution in [0.1, 0.15) is 55.7 Å². The number of amides is 1. The van der Waals surface area contributed by atoms with Crippen molar-refractivity contribution < 1.29 is 4.79 Å². The smallest absolute Gasteiger partial charge is 0.241 e. The van der Waals surface area contributed by atoms with Crippen LogP contribution in [0.3, 0.4) is 0 Å². The van der Waals surface area contributed by atoms with E-state index in [2.05, 4.69) is 5.32 Å². The zero-order valence-corrected chi connectivity index (χ0v) is 11.7. The summed E-state index contributed by atoms with van der Waals surface area (Å²) in [6.07, 6.45) is 7.18. The highest BCUT2D eigenvalue weighted by Crippen LogP contribution is 2.18. The first-order valence-corrected chi connectivity index (χ1v) is 7.29. The molecule has 1 unspecified atom stereocenters. The summed E-state index contributed by atoms with van der Waals surface area (Å²) in [6.45, 7) is 2.03. The number of aryl methyl sites for hydroxylation is 1. The zero-order valence-electron chi connectivity index (χ0n) is 11.7. The molecule has 3 nitrogen and oxygen atoms in total. The summed E-state index contributed by atoms with van der Waals surface area (Å²) < 4.78 is 0. The lowest BCUT2D eigenvalue weighted by molar-refractivity contribution is -0.123. The highest BCUT2D eigenvalue weighted by molar-refractivity contribution is 5.83. The molecular weight excluding hydrogens is 236 g/mol. The third-order valence-electron chi connectivity index (χ3n) is 3.92. The molecule has 1 aliphatic rings. The Balaban J connectivity index is 1.93. The van der Waals surface area contributed by atoms with E-state index in [0.717, 1.165) is 18.4 Å². The maximum Gasteiger partial charge on any atom is 0.241 e. The van der Waals surface area contributed by atoms with Crippen LogP contribution in [0.4, 0.5) is 0 Å². The number of nitrogens with two attached hydrogens (primary N) is 1. The summed E-state index contributed by atoms with van der Waals surface area (Å²) >= 11 is 0. The Bertz CT molecular complexity index is 405. The van der Waals surface area contributed by atoms with Gasteiger partial charge in [0.2, 0.25) is 5.91 Å². The molecule has 1 fully saturated rings. The molecule has 3 heteroatoms.